The van der Waals surface area contributed by atoms with Crippen LogP contribution >= 0.6 is 0 Å². The normalized spacial score (nSPS) is 15.7. The van der Waals surface area contributed by atoms with Crippen molar-refractivity contribution in [1.82, 2.24) is 24.8 Å². The van der Waals surface area contributed by atoms with Gasteiger partial charge in [-0.1, -0.05) is 24.3 Å². The first-order valence-electron chi connectivity index (χ1n) is 9.07. The number of benzene rings is 1. The average Bonchev–Trinajstić information content (AvgIpc) is 3.16. The van der Waals surface area contributed by atoms with Crippen molar-refractivity contribution in [2.24, 2.45) is 0 Å². The molecule has 28 heavy (non-hydrogen) atoms. The fraction of sp³-hybridized carbons (Fsp3) is 0.200. The molecule has 0 saturated carbocycles. The molecule has 1 atom stereocenters. The quantitative estimate of drug-likeness (QED) is 0.564. The summed E-state index contributed by atoms with van der Waals surface area (Å²) in [6, 6.07) is 15.2. The second kappa shape index (κ2) is 6.90. The molecule has 0 radical (unpaired) electrons. The maximum absolute atomic E-state index is 9.21. The molecule has 0 amide bonds. The minimum atomic E-state index is -0.0848. The monoisotopic (exact) mass is 374 g/mol. The third-order valence-electron chi connectivity index (χ3n) is 4.73. The van der Waals surface area contributed by atoms with Gasteiger partial charge in [0.1, 0.15) is 6.10 Å². The molecule has 2 N–H and O–H groups in total. The molecule has 0 spiro atoms. The summed E-state index contributed by atoms with van der Waals surface area (Å²) in [4.78, 5) is 4.26. The molecule has 0 bridgehead atoms. The number of fused-ring (bicyclic) bond motifs is 2. The molecule has 5 rings (SSSR count). The number of ether oxygens (including phenoxy) is 1. The molecule has 0 fully saturated rings. The zero-order chi connectivity index (χ0) is 18.9. The highest BCUT2D eigenvalue weighted by atomic mass is 16.5. The van der Waals surface area contributed by atoms with E-state index in [9.17, 15) is 5.11 Å². The Morgan fingerprint density at radius 1 is 1.11 bits per heavy atom. The fourth-order valence-corrected chi connectivity index (χ4v) is 3.26. The Labute approximate surface area is 160 Å². The lowest BCUT2D eigenvalue weighted by molar-refractivity contribution is 0.202. The van der Waals surface area contributed by atoms with Crippen LogP contribution in [0.1, 0.15) is 11.4 Å². The fourth-order valence-electron chi connectivity index (χ4n) is 3.26. The maximum Gasteiger partial charge on any atom is 0.177 e. The van der Waals surface area contributed by atoms with Crippen LogP contribution < -0.4 is 10.1 Å². The molecule has 0 aliphatic carbocycles. The number of nitrogens with one attached hydrogen (secondary N) is 1. The standard InChI is InChI=1S/C20H18N6O2/c27-12-13-3-5-14(6-4-13)16-7-8-18-23-24-19(26(18)25-16)10-15-11-22-20-17(28-15)2-1-9-21-20/h1-9,15,27H,10-12H2,(H,21,22). The van der Waals surface area contributed by atoms with E-state index < -0.39 is 0 Å². The van der Waals surface area contributed by atoms with Gasteiger partial charge in [-0.3, -0.25) is 0 Å². The molecule has 1 aliphatic rings. The largest absolute Gasteiger partial charge is 0.484 e. The minimum absolute atomic E-state index is 0.0242. The Morgan fingerprint density at radius 2 is 2.00 bits per heavy atom. The number of aliphatic hydroxyl groups is 1. The van der Waals surface area contributed by atoms with E-state index in [1.165, 1.54) is 0 Å². The third-order valence-corrected chi connectivity index (χ3v) is 4.73. The topological polar surface area (TPSA) is 97.5 Å². The van der Waals surface area contributed by atoms with Crippen LogP contribution in [-0.2, 0) is 13.0 Å². The summed E-state index contributed by atoms with van der Waals surface area (Å²) in [7, 11) is 0. The lowest BCUT2D eigenvalue weighted by Crippen LogP contribution is -2.33. The number of nitrogens with zero attached hydrogens (tertiary/aromatic N) is 5. The predicted octanol–water partition coefficient (Wildman–Crippen LogP) is 2.09. The molecule has 0 saturated heterocycles. The first-order chi connectivity index (χ1) is 13.8. The molecule has 3 aromatic heterocycles. The van der Waals surface area contributed by atoms with Gasteiger partial charge in [-0.05, 0) is 29.8 Å². The van der Waals surface area contributed by atoms with Crippen molar-refractivity contribution in [2.75, 3.05) is 11.9 Å². The van der Waals surface area contributed by atoms with Crippen molar-refractivity contribution in [3.05, 3.63) is 66.1 Å². The van der Waals surface area contributed by atoms with Crippen LogP contribution in [0, 0.1) is 0 Å². The second-order valence-corrected chi connectivity index (χ2v) is 6.63. The van der Waals surface area contributed by atoms with Crippen molar-refractivity contribution in [2.45, 2.75) is 19.1 Å². The van der Waals surface area contributed by atoms with Gasteiger partial charge in [0, 0.05) is 18.2 Å². The van der Waals surface area contributed by atoms with Crippen molar-refractivity contribution < 1.29 is 9.84 Å². The lowest BCUT2D eigenvalue weighted by atomic mass is 10.1. The number of hydrogen-bond acceptors (Lipinski definition) is 7. The SMILES string of the molecule is OCc1ccc(-c2ccc3nnc(CC4CNc5ncccc5O4)n3n2)cc1. The average molecular weight is 374 g/mol. The van der Waals surface area contributed by atoms with Crippen LogP contribution in [0.3, 0.4) is 0 Å². The molecule has 1 aliphatic heterocycles. The van der Waals surface area contributed by atoms with E-state index in [0.29, 0.717) is 18.6 Å². The zero-order valence-corrected chi connectivity index (χ0v) is 15.0. The van der Waals surface area contributed by atoms with E-state index in [2.05, 4.69) is 20.5 Å². The summed E-state index contributed by atoms with van der Waals surface area (Å²) in [6.45, 7) is 0.664. The van der Waals surface area contributed by atoms with Crippen molar-refractivity contribution in [3.8, 4) is 17.0 Å². The van der Waals surface area contributed by atoms with Crippen LogP contribution in [0.2, 0.25) is 0 Å². The lowest BCUT2D eigenvalue weighted by Gasteiger charge is -2.25. The van der Waals surface area contributed by atoms with Gasteiger partial charge in [0.05, 0.1) is 18.8 Å². The Kier molecular flexibility index (Phi) is 4.10. The molecule has 140 valence electrons. The van der Waals surface area contributed by atoms with Crippen LogP contribution in [-0.4, -0.2) is 42.6 Å². The van der Waals surface area contributed by atoms with Gasteiger partial charge in [0.25, 0.3) is 0 Å². The smallest absolute Gasteiger partial charge is 0.177 e. The van der Waals surface area contributed by atoms with Gasteiger partial charge in [0.15, 0.2) is 23.0 Å². The summed E-state index contributed by atoms with van der Waals surface area (Å²) in [5.41, 5.74) is 3.34. The third kappa shape index (κ3) is 3.03. The van der Waals surface area contributed by atoms with Crippen molar-refractivity contribution in [1.29, 1.82) is 0 Å². The van der Waals surface area contributed by atoms with Gasteiger partial charge < -0.3 is 15.2 Å². The van der Waals surface area contributed by atoms with E-state index >= 15 is 0 Å². The van der Waals surface area contributed by atoms with E-state index in [0.717, 1.165) is 34.2 Å². The van der Waals surface area contributed by atoms with E-state index in [1.807, 2.05) is 48.5 Å². The van der Waals surface area contributed by atoms with Crippen molar-refractivity contribution in [3.63, 3.8) is 0 Å². The number of aliphatic hydroxyl groups excluding tert-OH is 1. The summed E-state index contributed by atoms with van der Waals surface area (Å²) in [6.07, 6.45) is 2.22. The van der Waals surface area contributed by atoms with E-state index in [1.54, 1.807) is 10.7 Å². The first kappa shape index (κ1) is 16.6. The van der Waals surface area contributed by atoms with Crippen LogP contribution in [0.5, 0.6) is 5.75 Å². The van der Waals surface area contributed by atoms with Crippen LogP contribution in [0.15, 0.2) is 54.7 Å². The second-order valence-electron chi connectivity index (χ2n) is 6.63. The Bertz CT molecular complexity index is 1130. The Morgan fingerprint density at radius 3 is 2.86 bits per heavy atom. The molecule has 1 unspecified atom stereocenters. The minimum Gasteiger partial charge on any atom is -0.484 e. The molecule has 1 aromatic carbocycles. The molecule has 4 aromatic rings. The van der Waals surface area contributed by atoms with Gasteiger partial charge in [0.2, 0.25) is 0 Å². The van der Waals surface area contributed by atoms with Gasteiger partial charge in [-0.2, -0.15) is 9.61 Å². The summed E-state index contributed by atoms with van der Waals surface area (Å²) in [5.74, 6) is 2.24. The van der Waals surface area contributed by atoms with Gasteiger partial charge in [-0.15, -0.1) is 10.2 Å². The number of rotatable bonds is 4. The van der Waals surface area contributed by atoms with Crippen molar-refractivity contribution >= 4 is 11.5 Å². The Balaban J connectivity index is 1.42. The molecule has 4 heterocycles. The highest BCUT2D eigenvalue weighted by Crippen LogP contribution is 2.27. The van der Waals surface area contributed by atoms with Crippen LogP contribution in [0.25, 0.3) is 16.9 Å². The summed E-state index contributed by atoms with van der Waals surface area (Å²) < 4.78 is 7.80. The molecule has 8 nitrogen and oxygen atoms in total. The van der Waals surface area contributed by atoms with Gasteiger partial charge >= 0.3 is 0 Å². The number of anilines is 1. The van der Waals surface area contributed by atoms with E-state index in [4.69, 9.17) is 9.84 Å². The Hall–Kier alpha value is -3.52. The predicted molar refractivity (Wildman–Crippen MR) is 103 cm³/mol. The zero-order valence-electron chi connectivity index (χ0n) is 15.0. The van der Waals surface area contributed by atoms with E-state index in [-0.39, 0.29) is 12.7 Å². The number of aromatic nitrogens is 5. The molecular weight excluding hydrogens is 356 g/mol. The molecular formula is C20H18N6O2. The maximum atomic E-state index is 9.21. The highest BCUT2D eigenvalue weighted by molar-refractivity contribution is 5.60. The molecule has 8 heteroatoms. The van der Waals surface area contributed by atoms with Gasteiger partial charge in [-0.25, -0.2) is 4.98 Å². The summed E-state index contributed by atoms with van der Waals surface area (Å²) in [5, 5.41) is 25.7. The highest BCUT2D eigenvalue weighted by Gasteiger charge is 2.22. The number of hydrogen-bond donors (Lipinski definition) is 2. The first-order valence-corrected chi connectivity index (χ1v) is 9.07. The number of pyridine rings is 1. The van der Waals surface area contributed by atoms with Crippen LogP contribution in [0.4, 0.5) is 5.82 Å². The summed E-state index contributed by atoms with van der Waals surface area (Å²) >= 11 is 0.